The van der Waals surface area contributed by atoms with Crippen molar-refractivity contribution in [1.29, 1.82) is 0 Å². The van der Waals surface area contributed by atoms with Gasteiger partial charge in [0.1, 0.15) is 0 Å². The first-order valence-electron chi connectivity index (χ1n) is 5.06. The van der Waals surface area contributed by atoms with Crippen LogP contribution in [0.5, 0.6) is 0 Å². The molecule has 1 aromatic rings. The molecule has 7 heteroatoms. The predicted octanol–water partition coefficient (Wildman–Crippen LogP) is 0.287. The van der Waals surface area contributed by atoms with E-state index in [1.165, 1.54) is 6.07 Å². The first-order chi connectivity index (χ1) is 8.15. The van der Waals surface area contributed by atoms with Crippen LogP contribution in [0.15, 0.2) is 21.2 Å². The van der Waals surface area contributed by atoms with Crippen molar-refractivity contribution >= 4 is 27.7 Å². The lowest BCUT2D eigenvalue weighted by atomic mass is 10.2. The third-order valence-electron chi connectivity index (χ3n) is 2.21. The zero-order valence-electron chi connectivity index (χ0n) is 8.86. The van der Waals surface area contributed by atoms with E-state index in [4.69, 9.17) is 9.15 Å². The Labute approximate surface area is 106 Å². The predicted molar refractivity (Wildman–Crippen MR) is 61.5 cm³/mol. The van der Waals surface area contributed by atoms with Gasteiger partial charge in [0.25, 0.3) is 5.91 Å². The van der Waals surface area contributed by atoms with Crippen LogP contribution in [0.25, 0.3) is 0 Å². The highest BCUT2D eigenvalue weighted by Crippen LogP contribution is 2.13. The van der Waals surface area contributed by atoms with Gasteiger partial charge in [-0.3, -0.25) is 9.59 Å². The number of amides is 2. The van der Waals surface area contributed by atoms with Gasteiger partial charge in [0.05, 0.1) is 25.8 Å². The van der Waals surface area contributed by atoms with Gasteiger partial charge in [0.2, 0.25) is 5.91 Å². The summed E-state index contributed by atoms with van der Waals surface area (Å²) in [6.45, 7) is 0.989. The Balaban J connectivity index is 1.73. The third-order valence-corrected chi connectivity index (χ3v) is 2.64. The summed E-state index contributed by atoms with van der Waals surface area (Å²) in [5.41, 5.74) is 0. The van der Waals surface area contributed by atoms with Gasteiger partial charge in [0.15, 0.2) is 10.4 Å². The van der Waals surface area contributed by atoms with Crippen LogP contribution in [0.4, 0.5) is 0 Å². The Hall–Kier alpha value is -1.34. The second kappa shape index (κ2) is 5.33. The minimum atomic E-state index is -0.421. The van der Waals surface area contributed by atoms with Crippen molar-refractivity contribution in [3.05, 3.63) is 22.6 Å². The molecule has 6 nitrogen and oxygen atoms in total. The molecule has 0 saturated carbocycles. The molecule has 1 saturated heterocycles. The van der Waals surface area contributed by atoms with Crippen molar-refractivity contribution in [1.82, 2.24) is 10.6 Å². The van der Waals surface area contributed by atoms with Gasteiger partial charge in [-0.05, 0) is 28.1 Å². The molecule has 92 valence electrons. The normalized spacial score (nSPS) is 15.1. The fraction of sp³-hybridized carbons (Fsp3) is 0.400. The van der Waals surface area contributed by atoms with Gasteiger partial charge in [0, 0.05) is 0 Å². The summed E-state index contributed by atoms with van der Waals surface area (Å²) in [7, 11) is 0. The zero-order valence-corrected chi connectivity index (χ0v) is 10.5. The summed E-state index contributed by atoms with van der Waals surface area (Å²) in [6.07, 6.45) is 0. The molecule has 0 bridgehead atoms. The molecule has 0 spiro atoms. The molecule has 2 rings (SSSR count). The minimum Gasteiger partial charge on any atom is -0.444 e. The van der Waals surface area contributed by atoms with Gasteiger partial charge >= 0.3 is 0 Å². The Morgan fingerprint density at radius 3 is 2.71 bits per heavy atom. The molecule has 0 radical (unpaired) electrons. The maximum Gasteiger partial charge on any atom is 0.287 e. The SMILES string of the molecule is O=C(CNC(=O)c1ccc(Br)o1)NC1COC1. The molecule has 17 heavy (non-hydrogen) atoms. The second-order valence-corrected chi connectivity index (χ2v) is 4.37. The van der Waals surface area contributed by atoms with Crippen molar-refractivity contribution in [3.8, 4) is 0 Å². The van der Waals surface area contributed by atoms with Crippen molar-refractivity contribution in [3.63, 3.8) is 0 Å². The van der Waals surface area contributed by atoms with Crippen molar-refractivity contribution in [2.24, 2.45) is 0 Å². The Kier molecular flexibility index (Phi) is 3.80. The third kappa shape index (κ3) is 3.31. The van der Waals surface area contributed by atoms with Crippen molar-refractivity contribution < 1.29 is 18.7 Å². The first-order valence-corrected chi connectivity index (χ1v) is 5.85. The smallest absolute Gasteiger partial charge is 0.287 e. The zero-order chi connectivity index (χ0) is 12.3. The number of carbonyl (C=O) groups is 2. The number of hydrogen-bond donors (Lipinski definition) is 2. The fourth-order valence-electron chi connectivity index (χ4n) is 1.28. The summed E-state index contributed by atoms with van der Waals surface area (Å²) >= 11 is 3.09. The lowest BCUT2D eigenvalue weighted by Crippen LogP contribution is -2.51. The van der Waals surface area contributed by atoms with Crippen LogP contribution in [0.2, 0.25) is 0 Å². The van der Waals surface area contributed by atoms with E-state index in [9.17, 15) is 9.59 Å². The van der Waals surface area contributed by atoms with Crippen LogP contribution in [0, 0.1) is 0 Å². The van der Waals surface area contributed by atoms with Crippen LogP contribution in [0.1, 0.15) is 10.6 Å². The van der Waals surface area contributed by atoms with E-state index in [1.54, 1.807) is 6.07 Å². The molecule has 0 atom stereocenters. The van der Waals surface area contributed by atoms with Gasteiger partial charge in [-0.15, -0.1) is 0 Å². The highest BCUT2D eigenvalue weighted by atomic mass is 79.9. The minimum absolute atomic E-state index is 0.0668. The molecule has 1 fully saturated rings. The molecule has 0 unspecified atom stereocenters. The topological polar surface area (TPSA) is 80.6 Å². The average Bonchev–Trinajstić information content (AvgIpc) is 2.67. The van der Waals surface area contributed by atoms with Gasteiger partial charge in [-0.1, -0.05) is 0 Å². The molecular formula is C10H11BrN2O4. The van der Waals surface area contributed by atoms with Crippen LogP contribution < -0.4 is 10.6 Å². The molecule has 2 heterocycles. The van der Waals surface area contributed by atoms with Crippen LogP contribution in [-0.2, 0) is 9.53 Å². The van der Waals surface area contributed by atoms with Gasteiger partial charge in [-0.25, -0.2) is 0 Å². The summed E-state index contributed by atoms with van der Waals surface area (Å²) in [5, 5.41) is 5.17. The molecule has 1 aromatic heterocycles. The second-order valence-electron chi connectivity index (χ2n) is 3.59. The monoisotopic (exact) mass is 302 g/mol. The van der Waals surface area contributed by atoms with E-state index in [0.717, 1.165) is 0 Å². The first kappa shape index (κ1) is 12.1. The van der Waals surface area contributed by atoms with E-state index >= 15 is 0 Å². The summed E-state index contributed by atoms with van der Waals surface area (Å²) in [5.74, 6) is -0.496. The summed E-state index contributed by atoms with van der Waals surface area (Å²) in [6, 6.07) is 3.20. The summed E-state index contributed by atoms with van der Waals surface area (Å²) < 4.78 is 10.4. The highest BCUT2D eigenvalue weighted by molar-refractivity contribution is 9.10. The number of carbonyl (C=O) groups excluding carboxylic acids is 2. The molecule has 0 aliphatic carbocycles. The quantitative estimate of drug-likeness (QED) is 0.837. The number of rotatable bonds is 4. The number of furan rings is 1. The van der Waals surface area contributed by atoms with Gasteiger partial charge in [-0.2, -0.15) is 0 Å². The molecule has 2 amide bonds. The summed E-state index contributed by atoms with van der Waals surface area (Å²) in [4.78, 5) is 22.9. The number of ether oxygens (including phenoxy) is 1. The van der Waals surface area contributed by atoms with E-state index < -0.39 is 5.91 Å². The Morgan fingerprint density at radius 2 is 2.18 bits per heavy atom. The average molecular weight is 303 g/mol. The van der Waals surface area contributed by atoms with Crippen LogP contribution in [-0.4, -0.2) is 37.6 Å². The van der Waals surface area contributed by atoms with Crippen LogP contribution in [0.3, 0.4) is 0 Å². The van der Waals surface area contributed by atoms with Crippen molar-refractivity contribution in [2.45, 2.75) is 6.04 Å². The lowest BCUT2D eigenvalue weighted by molar-refractivity contribution is -0.124. The maximum absolute atomic E-state index is 11.5. The van der Waals surface area contributed by atoms with E-state index in [1.807, 2.05) is 0 Å². The van der Waals surface area contributed by atoms with Crippen LogP contribution >= 0.6 is 15.9 Å². The molecule has 2 N–H and O–H groups in total. The molecule has 1 aliphatic rings. The highest BCUT2D eigenvalue weighted by Gasteiger charge is 2.20. The standard InChI is InChI=1S/C10H11BrN2O4/c11-8-2-1-7(17-8)10(15)12-3-9(14)13-6-4-16-5-6/h1-2,6H,3-5H2,(H,12,15)(H,13,14). The lowest BCUT2D eigenvalue weighted by Gasteiger charge is -2.26. The Bertz CT molecular complexity index is 428. The van der Waals surface area contributed by atoms with Gasteiger partial charge < -0.3 is 19.8 Å². The Morgan fingerprint density at radius 1 is 1.41 bits per heavy atom. The van der Waals surface area contributed by atoms with Crippen molar-refractivity contribution in [2.75, 3.05) is 19.8 Å². The van der Waals surface area contributed by atoms with E-state index in [2.05, 4.69) is 26.6 Å². The number of halogens is 1. The van der Waals surface area contributed by atoms with E-state index in [-0.39, 0.29) is 24.3 Å². The largest absolute Gasteiger partial charge is 0.444 e. The maximum atomic E-state index is 11.5. The fourth-order valence-corrected chi connectivity index (χ4v) is 1.59. The number of hydrogen-bond acceptors (Lipinski definition) is 4. The van der Waals surface area contributed by atoms with E-state index in [0.29, 0.717) is 17.9 Å². The molecule has 1 aliphatic heterocycles. The number of nitrogens with one attached hydrogen (secondary N) is 2. The molecular weight excluding hydrogens is 292 g/mol. The molecule has 0 aromatic carbocycles.